The fraction of sp³-hybridized carbons (Fsp3) is 1.00. The summed E-state index contributed by atoms with van der Waals surface area (Å²) in [5, 5.41) is 0. The van der Waals surface area contributed by atoms with Crippen LogP contribution in [0.3, 0.4) is 0 Å². The van der Waals surface area contributed by atoms with Gasteiger partial charge in [-0.05, 0) is 84.6 Å². The van der Waals surface area contributed by atoms with Crippen LogP contribution in [-0.4, -0.2) is 193 Å². The average Bonchev–Trinajstić information content (AvgIpc) is 3.06. The van der Waals surface area contributed by atoms with Crippen molar-refractivity contribution in [1.29, 1.82) is 0 Å². The minimum atomic E-state index is -5.08. The van der Waals surface area contributed by atoms with Gasteiger partial charge in [-0.25, -0.2) is 0 Å². The largest absolute Gasteiger partial charge is 0.439 e. The summed E-state index contributed by atoms with van der Waals surface area (Å²) in [6, 6.07) is 0.257. The molecule has 0 saturated carbocycles. The Labute approximate surface area is 374 Å². The zero-order valence-electron chi connectivity index (χ0n) is 38.7. The van der Waals surface area contributed by atoms with Crippen LogP contribution in [0.15, 0.2) is 0 Å². The van der Waals surface area contributed by atoms with Crippen LogP contribution >= 0.6 is 0 Å². The number of rotatable bonds is 33. The molecule has 9 N–H and O–H groups in total. The van der Waals surface area contributed by atoms with Gasteiger partial charge in [-0.3, -0.25) is 0 Å². The lowest BCUT2D eigenvalue weighted by Crippen LogP contribution is -3.04. The molecule has 0 aliphatic rings. The van der Waals surface area contributed by atoms with Crippen molar-refractivity contribution in [3.8, 4) is 0 Å². The first kappa shape index (κ1) is 61.0. The molecule has 0 amide bonds. The molecule has 0 aliphatic heterocycles. The van der Waals surface area contributed by atoms with Crippen LogP contribution in [-0.2, 0) is 29.1 Å². The summed E-state index contributed by atoms with van der Waals surface area (Å²) < 4.78 is 49.2. The third-order valence-electron chi connectivity index (χ3n) is 10.7. The summed E-state index contributed by atoms with van der Waals surface area (Å²) in [5.74, 6) is 0. The Morgan fingerprint density at radius 3 is 1.29 bits per heavy atom. The summed E-state index contributed by atoms with van der Waals surface area (Å²) in [5.41, 5.74) is 0. The molecule has 0 rings (SSSR count). The van der Waals surface area contributed by atoms with Crippen LogP contribution in [0.25, 0.3) is 0 Å². The van der Waals surface area contributed by atoms with Crippen LogP contribution in [0.5, 0.6) is 0 Å². The molecule has 0 bridgehead atoms. The van der Waals surface area contributed by atoms with Crippen LogP contribution in [0.1, 0.15) is 71.1 Å². The molecular formula is C25H86O16Si17. The maximum Gasteiger partial charge on any atom is 0.342 e. The molecule has 58 heavy (non-hydrogen) atoms. The highest BCUT2D eigenvalue weighted by atomic mass is 30.3. The Morgan fingerprint density at radius 2 is 0.966 bits per heavy atom. The second kappa shape index (κ2) is 24.7. The highest BCUT2D eigenvalue weighted by Crippen LogP contribution is 2.47. The predicted octanol–water partition coefficient (Wildman–Crippen LogP) is -3.40. The minimum absolute atomic E-state index is 0.166. The third kappa shape index (κ3) is 15.3. The second-order valence-electron chi connectivity index (χ2n) is 19.1. The first-order chi connectivity index (χ1) is 26.3. The van der Waals surface area contributed by atoms with Crippen molar-refractivity contribution in [2.45, 2.75) is 156 Å². The summed E-state index contributed by atoms with van der Waals surface area (Å²) in [7, 11) is -42.3. The Bertz CT molecular complexity index is 1180. The van der Waals surface area contributed by atoms with Gasteiger partial charge in [0.25, 0.3) is 33.8 Å². The number of unbranched alkanes of at least 4 members (excludes halogenated alkanes) is 9. The minimum Gasteiger partial charge on any atom is -0.439 e. The molecule has 5 unspecified atom stereocenters. The summed E-state index contributed by atoms with van der Waals surface area (Å²) >= 11 is 0. The molecule has 0 fully saturated rings. The van der Waals surface area contributed by atoms with Gasteiger partial charge in [0.15, 0.2) is 36.2 Å². The predicted molar refractivity (Wildman–Crippen MR) is 276 cm³/mol. The van der Waals surface area contributed by atoms with E-state index in [2.05, 4.69) is 6.92 Å². The van der Waals surface area contributed by atoms with Crippen LogP contribution < -0.4 is 0 Å². The van der Waals surface area contributed by atoms with E-state index in [0.29, 0.717) is 6.42 Å². The lowest BCUT2D eigenvalue weighted by atomic mass is 10.1. The monoisotopic (exact) mass is 1120 g/mol. The van der Waals surface area contributed by atoms with E-state index in [9.17, 15) is 43.2 Å². The van der Waals surface area contributed by atoms with Gasteiger partial charge in [-0.2, -0.15) is 0 Å². The maximum absolute atomic E-state index is 13.2. The van der Waals surface area contributed by atoms with E-state index in [-0.39, 0.29) is 15.8 Å². The van der Waals surface area contributed by atoms with E-state index >= 15 is 0 Å². The summed E-state index contributed by atoms with van der Waals surface area (Å²) in [6.07, 6.45) is 10.7. The zero-order chi connectivity index (χ0) is 45.8. The van der Waals surface area contributed by atoms with E-state index in [1.54, 1.807) is 32.7 Å². The molecule has 0 saturated heterocycles. The molecule has 0 spiro atoms. The summed E-state index contributed by atoms with van der Waals surface area (Å²) in [6.45, 7) is 10.3. The Balaban J connectivity index is 8.78. The first-order valence-corrected chi connectivity index (χ1v) is 68.6. The zero-order valence-corrected chi connectivity index (χ0v) is 58.8. The van der Waals surface area contributed by atoms with Gasteiger partial charge in [0.1, 0.15) is 0 Å². The molecule has 0 aliphatic carbocycles. The lowest BCUT2D eigenvalue weighted by molar-refractivity contribution is 0.298. The smallest absolute Gasteiger partial charge is 0.342 e. The molecule has 0 aromatic heterocycles. The van der Waals surface area contributed by atoms with Crippen LogP contribution in [0.4, 0.5) is 0 Å². The van der Waals surface area contributed by atoms with Crippen molar-refractivity contribution in [2.75, 3.05) is 7.11 Å². The number of hydrogen-bond donors (Lipinski definition) is 9. The van der Waals surface area contributed by atoms with Crippen LogP contribution in [0, 0.1) is 0 Å². The SMILES string of the molecule is CCCCCCCCCCCC[Si](C)(O)[Si](O[SiH2]O)(O[Si](O[Si](C)(C)O[Si](C)(C)C)([Si](O[Si](C)(C)O)([SiH2]O)[SiH2]O)[Si](O[SiH2]O)([Si](C)(C)O)[Si]([SiH3])(OC)[SiH2]O)[Si](C)(C)O. The molecule has 350 valence electrons. The molecule has 0 heterocycles. The van der Waals surface area contributed by atoms with Gasteiger partial charge in [0.2, 0.25) is 30.4 Å². The topological polar surface area (TPSA) is 247 Å². The normalized spacial score (nSPS) is 21.2. The fourth-order valence-corrected chi connectivity index (χ4v) is 314. The molecule has 33 heteroatoms. The molecule has 5 atom stereocenters. The lowest BCUT2D eigenvalue weighted by Gasteiger charge is -2.64. The number of hydrogen-bond acceptors (Lipinski definition) is 16. The van der Waals surface area contributed by atoms with Crippen molar-refractivity contribution < 1.29 is 72.3 Å². The Kier molecular flexibility index (Phi) is 26.0. The highest BCUT2D eigenvalue weighted by molar-refractivity contribution is 8.08. The van der Waals surface area contributed by atoms with Crippen molar-refractivity contribution in [1.82, 2.24) is 0 Å². The van der Waals surface area contributed by atoms with Gasteiger partial charge in [0.05, 0.1) is 0 Å². The standard InChI is InChI=1S/C25H86O16Si17/c1-15-16-17-18-19-20-21-22-23-24-25-53(14,34)54(36-43-26,50(8,9)32)41-55(40-52(12,13)38-48(3,4)5,57(46-29,47-30)39-49(6,7)31)58(37-44-27,51(10,11)33)56(42,35-2)45-28/h26-34H,15-25,43-47H2,1-14,42H3. The Morgan fingerprint density at radius 1 is 0.517 bits per heavy atom. The van der Waals surface area contributed by atoms with Crippen molar-refractivity contribution in [3.63, 3.8) is 0 Å². The van der Waals surface area contributed by atoms with E-state index < -0.39 is 133 Å². The Hall–Kier alpha value is 3.05. The van der Waals surface area contributed by atoms with Gasteiger partial charge in [-0.1, -0.05) is 71.1 Å². The molecule has 0 radical (unpaired) electrons. The maximum atomic E-state index is 13.2. The fourth-order valence-electron chi connectivity index (χ4n) is 8.55. The molecule has 16 nitrogen and oxygen atoms in total. The van der Waals surface area contributed by atoms with Gasteiger partial charge in [-0.15, -0.1) is 0 Å². The quantitative estimate of drug-likeness (QED) is 0.0230. The van der Waals surface area contributed by atoms with Crippen LogP contribution in [0.2, 0.25) is 84.6 Å². The van der Waals surface area contributed by atoms with E-state index in [1.807, 2.05) is 32.7 Å². The first-order valence-electron chi connectivity index (χ1n) is 20.8. The van der Waals surface area contributed by atoms with Gasteiger partial charge in [0, 0.05) is 16.9 Å². The second-order valence-corrected chi connectivity index (χ2v) is 127. The van der Waals surface area contributed by atoms with E-state index in [0.717, 1.165) is 25.7 Å². The highest BCUT2D eigenvalue weighted by Gasteiger charge is 2.89. The van der Waals surface area contributed by atoms with E-state index in [1.165, 1.54) is 52.3 Å². The van der Waals surface area contributed by atoms with Crippen molar-refractivity contribution >= 4 is 142 Å². The van der Waals surface area contributed by atoms with Crippen molar-refractivity contribution in [2.24, 2.45) is 0 Å². The van der Waals surface area contributed by atoms with E-state index in [4.69, 9.17) is 29.1 Å². The van der Waals surface area contributed by atoms with Crippen molar-refractivity contribution in [3.05, 3.63) is 0 Å². The average molecular weight is 1120 g/mol. The molecule has 0 aromatic rings. The summed E-state index contributed by atoms with van der Waals surface area (Å²) in [4.78, 5) is 109. The molecular weight excluding hydrogens is 1030 g/mol. The third-order valence-corrected chi connectivity index (χ3v) is 190. The van der Waals surface area contributed by atoms with Gasteiger partial charge < -0.3 is 72.3 Å². The molecule has 0 aromatic carbocycles. The van der Waals surface area contributed by atoms with Gasteiger partial charge >= 0.3 is 32.3 Å².